The van der Waals surface area contributed by atoms with Crippen LogP contribution in [0.15, 0.2) is 83.8 Å². The van der Waals surface area contributed by atoms with Gasteiger partial charge >= 0.3 is 6.09 Å². The van der Waals surface area contributed by atoms with Gasteiger partial charge < -0.3 is 30.5 Å². The summed E-state index contributed by atoms with van der Waals surface area (Å²) in [5, 5.41) is 19.1. The molecular formula is C31H33N3O6S. The summed E-state index contributed by atoms with van der Waals surface area (Å²) in [5.74, 6) is -0.493. The highest BCUT2D eigenvalue weighted by Crippen LogP contribution is 2.32. The lowest BCUT2D eigenvalue weighted by atomic mass is 10.1. The number of nitrogens with one attached hydrogen (secondary N) is 3. The van der Waals surface area contributed by atoms with Crippen molar-refractivity contribution < 1.29 is 29.0 Å². The Labute approximate surface area is 243 Å². The first kappa shape index (κ1) is 28.7. The minimum atomic E-state index is -0.852. The zero-order chi connectivity index (χ0) is 28.6. The van der Waals surface area contributed by atoms with Gasteiger partial charge in [0.1, 0.15) is 12.1 Å². The molecule has 1 saturated heterocycles. The molecule has 41 heavy (non-hydrogen) atoms. The van der Waals surface area contributed by atoms with Gasteiger partial charge in [-0.15, -0.1) is 11.8 Å². The van der Waals surface area contributed by atoms with E-state index in [1.807, 2.05) is 66.7 Å². The molecule has 4 atom stereocenters. The number of alkyl carbamates (subject to hydrolysis) is 1. The van der Waals surface area contributed by atoms with Crippen molar-refractivity contribution in [3.8, 4) is 0 Å². The van der Waals surface area contributed by atoms with E-state index in [0.717, 1.165) is 16.7 Å². The van der Waals surface area contributed by atoms with Crippen LogP contribution in [0.25, 0.3) is 0 Å². The lowest BCUT2D eigenvalue weighted by Crippen LogP contribution is -2.48. The van der Waals surface area contributed by atoms with Gasteiger partial charge in [-0.25, -0.2) is 4.79 Å². The van der Waals surface area contributed by atoms with Crippen molar-refractivity contribution >= 4 is 29.7 Å². The molecule has 0 aromatic heterocycles. The highest BCUT2D eigenvalue weighted by molar-refractivity contribution is 7.99. The highest BCUT2D eigenvalue weighted by atomic mass is 32.2. The molecule has 3 aromatic rings. The summed E-state index contributed by atoms with van der Waals surface area (Å²) in [6.07, 6.45) is -0.285. The minimum Gasteiger partial charge on any atom is -0.444 e. The maximum Gasteiger partial charge on any atom is 0.408 e. The van der Waals surface area contributed by atoms with Crippen molar-refractivity contribution in [1.82, 2.24) is 16.0 Å². The van der Waals surface area contributed by atoms with E-state index in [1.165, 1.54) is 11.8 Å². The van der Waals surface area contributed by atoms with Crippen LogP contribution >= 0.6 is 11.8 Å². The van der Waals surface area contributed by atoms with E-state index in [4.69, 9.17) is 9.47 Å². The number of rotatable bonds is 10. The second kappa shape index (κ2) is 13.7. The molecule has 3 amide bonds. The first-order valence-corrected chi connectivity index (χ1v) is 14.6. The molecular weight excluding hydrogens is 542 g/mol. The monoisotopic (exact) mass is 575 g/mol. The number of ether oxygens (including phenoxy) is 2. The number of thioether (sulfide) groups is 1. The summed E-state index contributed by atoms with van der Waals surface area (Å²) >= 11 is 1.30. The van der Waals surface area contributed by atoms with Crippen molar-refractivity contribution in [1.29, 1.82) is 0 Å². The summed E-state index contributed by atoms with van der Waals surface area (Å²) < 4.78 is 10.7. The van der Waals surface area contributed by atoms with Crippen LogP contribution in [0.5, 0.6) is 0 Å². The van der Waals surface area contributed by atoms with Gasteiger partial charge in [-0.1, -0.05) is 66.7 Å². The van der Waals surface area contributed by atoms with Crippen molar-refractivity contribution in [2.75, 3.05) is 19.1 Å². The average molecular weight is 576 g/mol. The molecule has 5 rings (SSSR count). The SMILES string of the molecule is O=C(N[C@@H](Cc1ccccc1)C(=O)NCSc1ccccc1C(=O)N[C@H]1c2ccccc2C[C@H]1O)O[C@H]1CCOC1. The molecule has 0 radical (unpaired) electrons. The topological polar surface area (TPSA) is 126 Å². The zero-order valence-electron chi connectivity index (χ0n) is 22.5. The maximum atomic E-state index is 13.3. The molecule has 0 saturated carbocycles. The number of carbonyl (C=O) groups is 3. The Kier molecular flexibility index (Phi) is 9.55. The Morgan fingerprint density at radius 2 is 1.76 bits per heavy atom. The molecule has 1 fully saturated rings. The van der Waals surface area contributed by atoms with Gasteiger partial charge in [0.05, 0.1) is 36.8 Å². The van der Waals surface area contributed by atoms with E-state index in [0.29, 0.717) is 36.5 Å². The van der Waals surface area contributed by atoms with Crippen LogP contribution in [0.4, 0.5) is 4.79 Å². The number of fused-ring (bicyclic) bond motifs is 1. The van der Waals surface area contributed by atoms with E-state index in [2.05, 4.69) is 16.0 Å². The molecule has 3 aromatic carbocycles. The summed E-state index contributed by atoms with van der Waals surface area (Å²) in [4.78, 5) is 39.6. The highest BCUT2D eigenvalue weighted by Gasteiger charge is 2.32. The molecule has 1 heterocycles. The number of amides is 3. The van der Waals surface area contributed by atoms with Gasteiger partial charge in [-0.2, -0.15) is 0 Å². The summed E-state index contributed by atoms with van der Waals surface area (Å²) in [6.45, 7) is 0.885. The normalized spacial score (nSPS) is 20.1. The third-order valence-electron chi connectivity index (χ3n) is 7.15. The largest absolute Gasteiger partial charge is 0.444 e. The molecule has 4 N–H and O–H groups in total. The molecule has 9 nitrogen and oxygen atoms in total. The number of carbonyl (C=O) groups excluding carboxylic acids is 3. The van der Waals surface area contributed by atoms with Crippen molar-refractivity contribution in [3.05, 3.63) is 101 Å². The van der Waals surface area contributed by atoms with Crippen LogP contribution in [0.2, 0.25) is 0 Å². The molecule has 0 unspecified atom stereocenters. The second-order valence-electron chi connectivity index (χ2n) is 10.0. The smallest absolute Gasteiger partial charge is 0.408 e. The van der Waals surface area contributed by atoms with Crippen LogP contribution in [0, 0.1) is 0 Å². The van der Waals surface area contributed by atoms with Crippen LogP contribution < -0.4 is 16.0 Å². The predicted octanol–water partition coefficient (Wildman–Crippen LogP) is 3.37. The molecule has 1 aliphatic carbocycles. The molecule has 1 aliphatic heterocycles. The Balaban J connectivity index is 1.20. The maximum absolute atomic E-state index is 13.3. The van der Waals surface area contributed by atoms with E-state index in [-0.39, 0.29) is 30.2 Å². The first-order chi connectivity index (χ1) is 20.0. The van der Waals surface area contributed by atoms with Gasteiger partial charge in [0.25, 0.3) is 5.91 Å². The number of aliphatic hydroxyl groups is 1. The lowest BCUT2D eigenvalue weighted by molar-refractivity contribution is -0.122. The second-order valence-corrected chi connectivity index (χ2v) is 11.0. The van der Waals surface area contributed by atoms with Gasteiger partial charge in [-0.05, 0) is 28.8 Å². The average Bonchev–Trinajstić information content (AvgIpc) is 3.60. The van der Waals surface area contributed by atoms with E-state index < -0.39 is 24.3 Å². The fraction of sp³-hybridized carbons (Fsp3) is 0.323. The fourth-order valence-corrected chi connectivity index (χ4v) is 5.91. The molecule has 214 valence electrons. The molecule has 2 aliphatic rings. The standard InChI is InChI=1S/C31H33N3O6S/c35-26-17-21-10-4-5-11-23(21)28(26)34-29(36)24-12-6-7-13-27(24)41-19-32-30(37)25(16-20-8-2-1-3-9-20)33-31(38)40-22-14-15-39-18-22/h1-13,22,25-26,28,35H,14-19H2,(H,32,37)(H,33,38)(H,34,36)/t22-,25-,26+,28-/m0/s1. The van der Waals surface area contributed by atoms with Crippen molar-refractivity contribution in [3.63, 3.8) is 0 Å². The predicted molar refractivity (Wildman–Crippen MR) is 154 cm³/mol. The van der Waals surface area contributed by atoms with Crippen LogP contribution in [-0.4, -0.2) is 60.4 Å². The number of hydrogen-bond donors (Lipinski definition) is 4. The summed E-state index contributed by atoms with van der Waals surface area (Å²) in [6, 6.07) is 22.9. The van der Waals surface area contributed by atoms with E-state index in [1.54, 1.807) is 12.1 Å². The van der Waals surface area contributed by atoms with Crippen molar-refractivity contribution in [2.45, 2.75) is 48.4 Å². The van der Waals surface area contributed by atoms with Gasteiger partial charge in [0.15, 0.2) is 0 Å². The van der Waals surface area contributed by atoms with Crippen LogP contribution in [-0.2, 0) is 27.1 Å². The van der Waals surface area contributed by atoms with Gasteiger partial charge in [-0.3, -0.25) is 9.59 Å². The minimum absolute atomic E-state index is 0.177. The van der Waals surface area contributed by atoms with Crippen molar-refractivity contribution in [2.24, 2.45) is 0 Å². The fourth-order valence-electron chi connectivity index (χ4n) is 5.05. The molecule has 0 spiro atoms. The Morgan fingerprint density at radius 1 is 1.00 bits per heavy atom. The van der Waals surface area contributed by atoms with E-state index >= 15 is 0 Å². The third-order valence-corrected chi connectivity index (χ3v) is 8.10. The Hall–Kier alpha value is -3.86. The van der Waals surface area contributed by atoms with Crippen LogP contribution in [0.3, 0.4) is 0 Å². The summed E-state index contributed by atoms with van der Waals surface area (Å²) in [5.41, 5.74) is 3.28. The Bertz CT molecular complexity index is 1360. The third kappa shape index (κ3) is 7.46. The number of aliphatic hydroxyl groups excluding tert-OH is 1. The first-order valence-electron chi connectivity index (χ1n) is 13.6. The summed E-state index contributed by atoms with van der Waals surface area (Å²) in [7, 11) is 0. The Morgan fingerprint density at radius 3 is 2.56 bits per heavy atom. The number of benzene rings is 3. The van der Waals surface area contributed by atoms with E-state index in [9.17, 15) is 19.5 Å². The quantitative estimate of drug-likeness (QED) is 0.216. The lowest BCUT2D eigenvalue weighted by Gasteiger charge is -2.20. The van der Waals surface area contributed by atoms with Crippen LogP contribution in [0.1, 0.15) is 39.5 Å². The van der Waals surface area contributed by atoms with Gasteiger partial charge in [0, 0.05) is 24.2 Å². The number of hydrogen-bond acceptors (Lipinski definition) is 7. The molecule has 10 heteroatoms. The van der Waals surface area contributed by atoms with Gasteiger partial charge in [0.2, 0.25) is 5.91 Å². The zero-order valence-corrected chi connectivity index (χ0v) is 23.3. The molecule has 0 bridgehead atoms.